The van der Waals surface area contributed by atoms with Gasteiger partial charge in [-0.1, -0.05) is 12.1 Å². The van der Waals surface area contributed by atoms with E-state index in [0.717, 1.165) is 11.6 Å². The van der Waals surface area contributed by atoms with Gasteiger partial charge in [0, 0.05) is 12.6 Å². The minimum atomic E-state index is -0.645. The van der Waals surface area contributed by atoms with Crippen molar-refractivity contribution in [1.82, 2.24) is 0 Å². The Labute approximate surface area is 125 Å². The van der Waals surface area contributed by atoms with Crippen molar-refractivity contribution in [2.45, 2.75) is 6.54 Å². The quantitative estimate of drug-likeness (QED) is 0.521. The normalized spacial score (nSPS) is 10.1. The summed E-state index contributed by atoms with van der Waals surface area (Å²) in [7, 11) is 1.20. The first kappa shape index (κ1) is 15.4. The van der Waals surface area contributed by atoms with Crippen LogP contribution in [0.15, 0.2) is 42.5 Å². The van der Waals surface area contributed by atoms with Crippen molar-refractivity contribution in [3.05, 3.63) is 69.5 Å². The second kappa shape index (κ2) is 6.66. The summed E-state index contributed by atoms with van der Waals surface area (Å²) in [5.74, 6) is -0.995. The van der Waals surface area contributed by atoms with E-state index >= 15 is 0 Å². The van der Waals surface area contributed by atoms with Crippen molar-refractivity contribution in [1.29, 1.82) is 0 Å². The molecule has 0 aliphatic carbocycles. The summed E-state index contributed by atoms with van der Waals surface area (Å²) in [5.41, 5.74) is 0.904. The Morgan fingerprint density at radius 2 is 1.95 bits per heavy atom. The number of nitrogens with one attached hydrogen (secondary N) is 1. The van der Waals surface area contributed by atoms with Gasteiger partial charge in [0.2, 0.25) is 0 Å². The molecule has 22 heavy (non-hydrogen) atoms. The molecule has 0 saturated carbocycles. The number of benzene rings is 2. The standard InChI is InChI=1S/C15H13FN2O4/c1-22-15(19)11-4-7-13(14(8-11)18(20)21)17-9-10-2-5-12(16)6-3-10/h2-8,17H,9H2,1H3. The average Bonchev–Trinajstić information content (AvgIpc) is 2.53. The maximum Gasteiger partial charge on any atom is 0.338 e. The second-order valence-electron chi connectivity index (χ2n) is 4.46. The van der Waals surface area contributed by atoms with Gasteiger partial charge in [0.25, 0.3) is 5.69 Å². The molecule has 0 aliphatic rings. The molecule has 2 aromatic rings. The number of carbonyl (C=O) groups excluding carboxylic acids is 1. The molecule has 2 aromatic carbocycles. The minimum Gasteiger partial charge on any atom is -0.465 e. The predicted octanol–water partition coefficient (Wildman–Crippen LogP) is 3.13. The van der Waals surface area contributed by atoms with E-state index in [9.17, 15) is 19.3 Å². The van der Waals surface area contributed by atoms with Crippen molar-refractivity contribution in [3.63, 3.8) is 0 Å². The van der Waals surface area contributed by atoms with Crippen LogP contribution < -0.4 is 5.32 Å². The number of nitro benzene ring substituents is 1. The number of nitro groups is 1. The summed E-state index contributed by atoms with van der Waals surface area (Å²) in [5, 5.41) is 14.0. The van der Waals surface area contributed by atoms with Crippen LogP contribution in [0.1, 0.15) is 15.9 Å². The second-order valence-corrected chi connectivity index (χ2v) is 4.46. The first-order valence-electron chi connectivity index (χ1n) is 6.36. The number of rotatable bonds is 5. The van der Waals surface area contributed by atoms with Crippen LogP contribution >= 0.6 is 0 Å². The van der Waals surface area contributed by atoms with Crippen LogP contribution in [0, 0.1) is 15.9 Å². The molecule has 1 N–H and O–H groups in total. The summed E-state index contributed by atoms with van der Waals surface area (Å²) in [6.45, 7) is 0.290. The fourth-order valence-electron chi connectivity index (χ4n) is 1.88. The fourth-order valence-corrected chi connectivity index (χ4v) is 1.88. The van der Waals surface area contributed by atoms with E-state index in [0.29, 0.717) is 6.54 Å². The lowest BCUT2D eigenvalue weighted by Gasteiger charge is -2.08. The molecule has 7 heteroatoms. The van der Waals surface area contributed by atoms with Crippen LogP contribution in [0.3, 0.4) is 0 Å². The maximum absolute atomic E-state index is 12.8. The Morgan fingerprint density at radius 3 is 2.55 bits per heavy atom. The monoisotopic (exact) mass is 304 g/mol. The van der Waals surface area contributed by atoms with E-state index in [-0.39, 0.29) is 22.8 Å². The smallest absolute Gasteiger partial charge is 0.338 e. The lowest BCUT2D eigenvalue weighted by Crippen LogP contribution is -2.06. The number of nitrogens with zero attached hydrogens (tertiary/aromatic N) is 1. The van der Waals surface area contributed by atoms with E-state index in [1.807, 2.05) is 0 Å². The van der Waals surface area contributed by atoms with Crippen LogP contribution in [-0.4, -0.2) is 18.0 Å². The Morgan fingerprint density at radius 1 is 1.27 bits per heavy atom. The zero-order valence-electron chi connectivity index (χ0n) is 11.7. The number of hydrogen-bond donors (Lipinski definition) is 1. The molecule has 0 aromatic heterocycles. The first-order valence-corrected chi connectivity index (χ1v) is 6.36. The molecule has 6 nitrogen and oxygen atoms in total. The summed E-state index contributed by atoms with van der Waals surface area (Å²) < 4.78 is 17.4. The van der Waals surface area contributed by atoms with Gasteiger partial charge in [0.1, 0.15) is 11.5 Å². The van der Waals surface area contributed by atoms with Gasteiger partial charge in [-0.05, 0) is 29.8 Å². The summed E-state index contributed by atoms with van der Waals surface area (Å²) in [4.78, 5) is 21.9. The highest BCUT2D eigenvalue weighted by Crippen LogP contribution is 2.26. The molecule has 0 saturated heterocycles. The Balaban J connectivity index is 2.21. The molecule has 0 spiro atoms. The lowest BCUT2D eigenvalue weighted by molar-refractivity contribution is -0.384. The third-order valence-electron chi connectivity index (χ3n) is 3.01. The van der Waals surface area contributed by atoms with Gasteiger partial charge in [0.15, 0.2) is 0 Å². The average molecular weight is 304 g/mol. The minimum absolute atomic E-state index is 0.0986. The fraction of sp³-hybridized carbons (Fsp3) is 0.133. The van der Waals surface area contributed by atoms with Crippen LogP contribution in [0.2, 0.25) is 0 Å². The number of carbonyl (C=O) groups is 1. The molecule has 2 rings (SSSR count). The molecular formula is C15H13FN2O4. The molecule has 0 atom stereocenters. The molecular weight excluding hydrogens is 291 g/mol. The van der Waals surface area contributed by atoms with Crippen molar-refractivity contribution in [3.8, 4) is 0 Å². The number of anilines is 1. The molecule has 0 amide bonds. The Bertz CT molecular complexity index is 701. The zero-order valence-corrected chi connectivity index (χ0v) is 11.7. The summed E-state index contributed by atoms with van der Waals surface area (Å²) >= 11 is 0. The van der Waals surface area contributed by atoms with Crippen molar-refractivity contribution in [2.75, 3.05) is 12.4 Å². The first-order chi connectivity index (χ1) is 10.5. The van der Waals surface area contributed by atoms with E-state index in [4.69, 9.17) is 0 Å². The molecule has 114 valence electrons. The van der Waals surface area contributed by atoms with Crippen LogP contribution in [0.25, 0.3) is 0 Å². The van der Waals surface area contributed by atoms with Gasteiger partial charge in [0.05, 0.1) is 17.6 Å². The molecule has 0 aliphatic heterocycles. The largest absolute Gasteiger partial charge is 0.465 e. The summed E-state index contributed by atoms with van der Waals surface area (Å²) in [6, 6.07) is 9.81. The van der Waals surface area contributed by atoms with Crippen LogP contribution in [0.5, 0.6) is 0 Å². The van der Waals surface area contributed by atoms with Crippen molar-refractivity contribution in [2.24, 2.45) is 0 Å². The molecule has 0 bridgehead atoms. The highest BCUT2D eigenvalue weighted by molar-refractivity contribution is 5.91. The van der Waals surface area contributed by atoms with Gasteiger partial charge in [-0.25, -0.2) is 9.18 Å². The molecule has 0 unspecified atom stereocenters. The van der Waals surface area contributed by atoms with Gasteiger partial charge in [-0.15, -0.1) is 0 Å². The molecule has 0 heterocycles. The van der Waals surface area contributed by atoms with Crippen molar-refractivity contribution >= 4 is 17.3 Å². The SMILES string of the molecule is COC(=O)c1ccc(NCc2ccc(F)cc2)c([N+](=O)[O-])c1. The van der Waals surface area contributed by atoms with Gasteiger partial charge in [-0.3, -0.25) is 10.1 Å². The van der Waals surface area contributed by atoms with Crippen molar-refractivity contribution < 1.29 is 18.8 Å². The van der Waals surface area contributed by atoms with Gasteiger partial charge >= 0.3 is 5.97 Å². The zero-order chi connectivity index (χ0) is 16.1. The molecule has 0 radical (unpaired) electrons. The van der Waals surface area contributed by atoms with Crippen LogP contribution in [-0.2, 0) is 11.3 Å². The van der Waals surface area contributed by atoms with E-state index in [1.54, 1.807) is 12.1 Å². The summed E-state index contributed by atoms with van der Waals surface area (Å²) in [6.07, 6.45) is 0. The number of methoxy groups -OCH3 is 1. The Hall–Kier alpha value is -2.96. The highest BCUT2D eigenvalue weighted by atomic mass is 19.1. The third kappa shape index (κ3) is 3.57. The van der Waals surface area contributed by atoms with E-state index in [1.165, 1.54) is 31.4 Å². The van der Waals surface area contributed by atoms with Gasteiger partial charge in [-0.2, -0.15) is 0 Å². The lowest BCUT2D eigenvalue weighted by atomic mass is 10.1. The van der Waals surface area contributed by atoms with E-state index < -0.39 is 10.9 Å². The van der Waals surface area contributed by atoms with Gasteiger partial charge < -0.3 is 10.1 Å². The maximum atomic E-state index is 12.8. The number of esters is 1. The van der Waals surface area contributed by atoms with E-state index in [2.05, 4.69) is 10.1 Å². The predicted molar refractivity (Wildman–Crippen MR) is 78.2 cm³/mol. The highest BCUT2D eigenvalue weighted by Gasteiger charge is 2.17. The topological polar surface area (TPSA) is 81.5 Å². The number of ether oxygens (including phenoxy) is 1. The molecule has 0 fully saturated rings. The third-order valence-corrected chi connectivity index (χ3v) is 3.01. The number of halogens is 1. The van der Waals surface area contributed by atoms with Crippen LogP contribution in [0.4, 0.5) is 15.8 Å². The number of hydrogen-bond acceptors (Lipinski definition) is 5. The Kier molecular flexibility index (Phi) is 4.67.